The van der Waals surface area contributed by atoms with Crippen LogP contribution in [0.3, 0.4) is 0 Å². The third kappa shape index (κ3) is 5.16. The summed E-state index contributed by atoms with van der Waals surface area (Å²) in [4.78, 5) is 32.1. The molecule has 0 bridgehead atoms. The third-order valence-electron chi connectivity index (χ3n) is 3.72. The summed E-state index contributed by atoms with van der Waals surface area (Å²) in [5.41, 5.74) is 2.05. The fourth-order valence-electron chi connectivity index (χ4n) is 2.41. The van der Waals surface area contributed by atoms with Crippen molar-refractivity contribution in [3.05, 3.63) is 76.7 Å². The molecule has 5 nitrogen and oxygen atoms in total. The largest absolute Gasteiger partial charge is 0.369 e. The first-order valence-corrected chi connectivity index (χ1v) is 8.11. The molecule has 0 aliphatic rings. The quantitative estimate of drug-likeness (QED) is 0.219. The molecule has 2 rings (SSSR count). The van der Waals surface area contributed by atoms with E-state index in [0.717, 1.165) is 21.9 Å². The van der Waals surface area contributed by atoms with Crippen molar-refractivity contribution in [2.45, 2.75) is 6.92 Å². The number of ketones is 1. The standard InChI is InChI=1S/C21H19NO4/c1-2-16(6-5-13-26-15-18(24)14-23)9-11-20-19-8-4-3-7-17(19)10-12-21(20)22-25/h2-12,14H,13,15H2,1H3/b6-5-,11-9+,16-2+. The first-order valence-electron chi connectivity index (χ1n) is 8.11. The third-order valence-corrected chi connectivity index (χ3v) is 3.72. The Morgan fingerprint density at radius 3 is 2.69 bits per heavy atom. The second kappa shape index (κ2) is 9.96. The number of Topliss-reactive ketones (excluding diaryl/α,β-unsaturated/α-hetero) is 1. The van der Waals surface area contributed by atoms with Gasteiger partial charge in [-0.25, -0.2) is 0 Å². The Labute approximate surface area is 151 Å². The van der Waals surface area contributed by atoms with Gasteiger partial charge in [-0.3, -0.25) is 9.59 Å². The summed E-state index contributed by atoms with van der Waals surface area (Å²) in [7, 11) is 0. The zero-order valence-corrected chi connectivity index (χ0v) is 14.4. The number of benzene rings is 2. The minimum Gasteiger partial charge on any atom is -0.369 e. The molecule has 0 N–H and O–H groups in total. The number of carbonyl (C=O) groups excluding carboxylic acids is 2. The monoisotopic (exact) mass is 349 g/mol. The van der Waals surface area contributed by atoms with Crippen LogP contribution >= 0.6 is 0 Å². The number of hydrogen-bond donors (Lipinski definition) is 0. The molecule has 0 aromatic heterocycles. The molecule has 0 unspecified atom stereocenters. The van der Waals surface area contributed by atoms with Gasteiger partial charge in [0.25, 0.3) is 0 Å². The van der Waals surface area contributed by atoms with E-state index in [-0.39, 0.29) is 19.5 Å². The van der Waals surface area contributed by atoms with Crippen molar-refractivity contribution in [2.24, 2.45) is 5.18 Å². The summed E-state index contributed by atoms with van der Waals surface area (Å²) >= 11 is 0. The van der Waals surface area contributed by atoms with Gasteiger partial charge in [-0.2, -0.15) is 0 Å². The molecular weight excluding hydrogens is 330 g/mol. The second-order valence-electron chi connectivity index (χ2n) is 5.43. The van der Waals surface area contributed by atoms with Gasteiger partial charge in [0, 0.05) is 5.56 Å². The first kappa shape index (κ1) is 19.1. The number of hydrogen-bond acceptors (Lipinski definition) is 5. The maximum absolute atomic E-state index is 11.1. The fourth-order valence-corrected chi connectivity index (χ4v) is 2.41. The molecule has 0 saturated heterocycles. The van der Waals surface area contributed by atoms with Gasteiger partial charge in [-0.05, 0) is 34.5 Å². The Morgan fingerprint density at radius 1 is 1.15 bits per heavy atom. The lowest BCUT2D eigenvalue weighted by Gasteiger charge is -2.04. The molecule has 0 heterocycles. The van der Waals surface area contributed by atoms with Crippen molar-refractivity contribution in [2.75, 3.05) is 13.2 Å². The zero-order chi connectivity index (χ0) is 18.8. The average Bonchev–Trinajstić information content (AvgIpc) is 2.69. The summed E-state index contributed by atoms with van der Waals surface area (Å²) < 4.78 is 5.06. The molecule has 0 atom stereocenters. The van der Waals surface area contributed by atoms with Crippen LogP contribution in [0.15, 0.2) is 71.5 Å². The van der Waals surface area contributed by atoms with Crippen LogP contribution in [0.2, 0.25) is 0 Å². The number of aldehydes is 1. The van der Waals surface area contributed by atoms with E-state index in [0.29, 0.717) is 5.69 Å². The van der Waals surface area contributed by atoms with E-state index in [1.54, 1.807) is 12.1 Å². The summed E-state index contributed by atoms with van der Waals surface area (Å²) in [6.07, 6.45) is 9.47. The minimum atomic E-state index is -0.589. The van der Waals surface area contributed by atoms with Crippen LogP contribution in [0.5, 0.6) is 0 Å². The van der Waals surface area contributed by atoms with Gasteiger partial charge in [0.15, 0.2) is 6.29 Å². The molecule has 0 radical (unpaired) electrons. The van der Waals surface area contributed by atoms with Crippen molar-refractivity contribution in [1.82, 2.24) is 0 Å². The Kier molecular flexibility index (Phi) is 7.33. The van der Waals surface area contributed by atoms with Gasteiger partial charge in [0.2, 0.25) is 5.78 Å². The number of allylic oxidation sites excluding steroid dienone is 4. The van der Waals surface area contributed by atoms with Crippen LogP contribution in [0, 0.1) is 4.91 Å². The van der Waals surface area contributed by atoms with Crippen LogP contribution in [0.25, 0.3) is 16.8 Å². The minimum absolute atomic E-state index is 0.222. The Bertz CT molecular complexity index is 894. The van der Waals surface area contributed by atoms with Crippen LogP contribution in [0.1, 0.15) is 12.5 Å². The van der Waals surface area contributed by atoms with E-state index in [1.807, 2.05) is 61.6 Å². The lowest BCUT2D eigenvalue weighted by atomic mass is 10.0. The number of fused-ring (bicyclic) bond motifs is 1. The zero-order valence-electron chi connectivity index (χ0n) is 14.4. The molecular formula is C21H19NO4. The van der Waals surface area contributed by atoms with E-state index in [2.05, 4.69) is 5.18 Å². The molecule has 2 aromatic rings. The predicted octanol–water partition coefficient (Wildman–Crippen LogP) is 4.54. The summed E-state index contributed by atoms with van der Waals surface area (Å²) in [6, 6.07) is 11.4. The first-order chi connectivity index (χ1) is 12.7. The fraction of sp³-hybridized carbons (Fsp3) is 0.143. The highest BCUT2D eigenvalue weighted by molar-refractivity contribution is 6.25. The number of ether oxygens (including phenoxy) is 1. The van der Waals surface area contributed by atoms with Gasteiger partial charge < -0.3 is 4.74 Å². The SMILES string of the molecule is C/C=C(\C=C/COCC(=O)C=O)/C=C/c1c(N=O)ccc2ccccc12. The molecule has 0 spiro atoms. The lowest BCUT2D eigenvalue weighted by Crippen LogP contribution is -2.09. The van der Waals surface area contributed by atoms with Crippen molar-refractivity contribution in [1.29, 1.82) is 0 Å². The van der Waals surface area contributed by atoms with Gasteiger partial charge in [-0.1, -0.05) is 60.7 Å². The smallest absolute Gasteiger partial charge is 0.220 e. The van der Waals surface area contributed by atoms with Crippen molar-refractivity contribution >= 4 is 34.6 Å². The summed E-state index contributed by atoms with van der Waals surface area (Å²) in [6.45, 7) is 1.89. The lowest BCUT2D eigenvalue weighted by molar-refractivity contribution is -0.132. The van der Waals surface area contributed by atoms with Gasteiger partial charge in [0.05, 0.1) is 6.61 Å². The van der Waals surface area contributed by atoms with Gasteiger partial charge in [0.1, 0.15) is 12.3 Å². The molecule has 2 aromatic carbocycles. The van der Waals surface area contributed by atoms with Crippen LogP contribution in [0.4, 0.5) is 5.69 Å². The molecule has 26 heavy (non-hydrogen) atoms. The average molecular weight is 349 g/mol. The van der Waals surface area contributed by atoms with Crippen LogP contribution in [-0.4, -0.2) is 25.3 Å². The maximum Gasteiger partial charge on any atom is 0.220 e. The summed E-state index contributed by atoms with van der Waals surface area (Å²) in [5.74, 6) is -0.589. The predicted molar refractivity (Wildman–Crippen MR) is 103 cm³/mol. The normalized spacial score (nSPS) is 12.1. The van der Waals surface area contributed by atoms with Crippen LogP contribution < -0.4 is 0 Å². The van der Waals surface area contributed by atoms with E-state index in [4.69, 9.17) is 4.74 Å². The molecule has 132 valence electrons. The molecule has 0 fully saturated rings. The van der Waals surface area contributed by atoms with Gasteiger partial charge in [-0.15, -0.1) is 4.91 Å². The van der Waals surface area contributed by atoms with E-state index in [1.165, 1.54) is 0 Å². The highest BCUT2D eigenvalue weighted by Gasteiger charge is 2.05. The Morgan fingerprint density at radius 2 is 1.96 bits per heavy atom. The number of carbonyl (C=O) groups is 2. The highest BCUT2D eigenvalue weighted by Crippen LogP contribution is 2.29. The van der Waals surface area contributed by atoms with E-state index in [9.17, 15) is 14.5 Å². The number of rotatable bonds is 9. The molecule has 0 amide bonds. The van der Waals surface area contributed by atoms with Crippen LogP contribution in [-0.2, 0) is 14.3 Å². The molecule has 0 aliphatic carbocycles. The maximum atomic E-state index is 11.1. The number of nitrogens with zero attached hydrogens (tertiary/aromatic N) is 1. The summed E-state index contributed by atoms with van der Waals surface area (Å²) in [5, 5.41) is 5.10. The molecule has 0 aliphatic heterocycles. The number of nitroso groups, excluding NO2 is 1. The van der Waals surface area contributed by atoms with E-state index >= 15 is 0 Å². The molecule has 5 heteroatoms. The topological polar surface area (TPSA) is 72.8 Å². The van der Waals surface area contributed by atoms with E-state index < -0.39 is 5.78 Å². The van der Waals surface area contributed by atoms with Crippen molar-refractivity contribution < 1.29 is 14.3 Å². The van der Waals surface area contributed by atoms with Crippen molar-refractivity contribution in [3.8, 4) is 0 Å². The second-order valence-corrected chi connectivity index (χ2v) is 5.43. The van der Waals surface area contributed by atoms with Crippen molar-refractivity contribution in [3.63, 3.8) is 0 Å². The Hall–Kier alpha value is -3.18. The van der Waals surface area contributed by atoms with Gasteiger partial charge >= 0.3 is 0 Å². The molecule has 0 saturated carbocycles. The Balaban J connectivity index is 2.14. The highest BCUT2D eigenvalue weighted by atomic mass is 16.5.